The summed E-state index contributed by atoms with van der Waals surface area (Å²) in [5, 5.41) is 0.467. The van der Waals surface area contributed by atoms with E-state index < -0.39 is 0 Å². The number of hydrogen-bond donors (Lipinski definition) is 0. The van der Waals surface area contributed by atoms with Crippen LogP contribution in [0, 0.1) is 0 Å². The fourth-order valence-electron chi connectivity index (χ4n) is 1.47. The third-order valence-corrected chi connectivity index (χ3v) is 3.35. The quantitative estimate of drug-likeness (QED) is 0.583. The first-order valence-corrected chi connectivity index (χ1v) is 6.53. The van der Waals surface area contributed by atoms with Crippen LogP contribution in [0.4, 0.5) is 0 Å². The van der Waals surface area contributed by atoms with Crippen molar-refractivity contribution in [2.75, 3.05) is 7.11 Å². The monoisotopic (exact) mass is 315 g/mol. The zero-order valence-corrected chi connectivity index (χ0v) is 12.5. The fourth-order valence-corrected chi connectivity index (χ4v) is 1.95. The number of methoxy groups -OCH3 is 1. The first kappa shape index (κ1) is 14.3. The highest BCUT2D eigenvalue weighted by molar-refractivity contribution is 9.15. The molecular weight excluding hydrogens is 302 g/mol. The Bertz CT molecular complexity index is 455. The minimum Gasteiger partial charge on any atom is -0.496 e. The molecule has 0 saturated carbocycles. The van der Waals surface area contributed by atoms with Gasteiger partial charge in [0.15, 0.2) is 0 Å². The van der Waals surface area contributed by atoms with E-state index in [1.807, 2.05) is 25.1 Å². The summed E-state index contributed by atoms with van der Waals surface area (Å²) in [6.07, 6.45) is 6.62. The fraction of sp³-hybridized carbons (Fsp3) is 0.308. The van der Waals surface area contributed by atoms with Gasteiger partial charge in [-0.1, -0.05) is 40.5 Å². The van der Waals surface area contributed by atoms with Gasteiger partial charge in [0, 0.05) is 21.8 Å². The lowest BCUT2D eigenvalue weighted by atomic mass is 10.1. The molecule has 0 fully saturated rings. The molecule has 92 valence electrons. The molecule has 0 unspecified atom stereocenters. The third-order valence-electron chi connectivity index (χ3n) is 2.26. The number of nitrogens with zero attached hydrogens (tertiary/aromatic N) is 1. The van der Waals surface area contributed by atoms with E-state index in [1.54, 1.807) is 13.3 Å². The maximum absolute atomic E-state index is 5.92. The summed E-state index contributed by atoms with van der Waals surface area (Å²) in [5.41, 5.74) is 1.91. The molecule has 0 aliphatic rings. The van der Waals surface area contributed by atoms with Gasteiger partial charge in [0.2, 0.25) is 0 Å². The molecule has 0 atom stereocenters. The van der Waals surface area contributed by atoms with Crippen molar-refractivity contribution in [1.29, 1.82) is 0 Å². The van der Waals surface area contributed by atoms with Crippen molar-refractivity contribution in [3.05, 3.63) is 40.7 Å². The maximum Gasteiger partial charge on any atom is 0.129 e. The molecule has 0 spiro atoms. The maximum atomic E-state index is 5.92. The van der Waals surface area contributed by atoms with Gasteiger partial charge in [0.25, 0.3) is 0 Å². The lowest BCUT2D eigenvalue weighted by Gasteiger charge is -2.11. The van der Waals surface area contributed by atoms with Crippen molar-refractivity contribution < 1.29 is 4.74 Å². The van der Waals surface area contributed by atoms with Gasteiger partial charge >= 0.3 is 0 Å². The van der Waals surface area contributed by atoms with Crippen LogP contribution >= 0.6 is 27.5 Å². The Labute approximate surface area is 115 Å². The highest BCUT2D eigenvalue weighted by Gasteiger charge is 2.11. The average molecular weight is 317 g/mol. The van der Waals surface area contributed by atoms with Crippen molar-refractivity contribution >= 4 is 37.8 Å². The Balaban J connectivity index is 3.37. The van der Waals surface area contributed by atoms with Crippen LogP contribution in [0.25, 0.3) is 10.2 Å². The lowest BCUT2D eigenvalue weighted by molar-refractivity contribution is 0.368. The largest absolute Gasteiger partial charge is 0.496 e. The van der Waals surface area contributed by atoms with Crippen LogP contribution in [0.3, 0.4) is 0 Å². The zero-order valence-electron chi connectivity index (χ0n) is 10.1. The normalized spacial score (nSPS) is 12.8. The van der Waals surface area contributed by atoms with Gasteiger partial charge in [-0.05, 0) is 25.5 Å². The van der Waals surface area contributed by atoms with Crippen molar-refractivity contribution in [2.24, 2.45) is 0 Å². The number of rotatable bonds is 4. The lowest BCUT2D eigenvalue weighted by Crippen LogP contribution is -1.95. The van der Waals surface area contributed by atoms with Gasteiger partial charge in [-0.15, -0.1) is 0 Å². The van der Waals surface area contributed by atoms with Gasteiger partial charge < -0.3 is 4.74 Å². The summed E-state index contributed by atoms with van der Waals surface area (Å²) >= 11 is 9.43. The number of aromatic nitrogens is 1. The van der Waals surface area contributed by atoms with E-state index in [0.29, 0.717) is 5.15 Å². The van der Waals surface area contributed by atoms with Crippen LogP contribution in [0.15, 0.2) is 24.4 Å². The van der Waals surface area contributed by atoms with E-state index in [1.165, 1.54) is 0 Å². The molecule has 0 aromatic carbocycles. The number of hydrogen-bond acceptors (Lipinski definition) is 2. The predicted octanol–water partition coefficient (Wildman–Crippen LogP) is 4.89. The molecule has 1 aromatic rings. The molecule has 2 nitrogen and oxygen atoms in total. The Morgan fingerprint density at radius 2 is 2.24 bits per heavy atom. The summed E-state index contributed by atoms with van der Waals surface area (Å²) in [4.78, 5) is 4.10. The number of allylic oxidation sites excluding steroid dienone is 2. The zero-order chi connectivity index (χ0) is 12.8. The van der Waals surface area contributed by atoms with E-state index in [2.05, 4.69) is 27.8 Å². The van der Waals surface area contributed by atoms with E-state index >= 15 is 0 Å². The minimum absolute atomic E-state index is 0.467. The number of ether oxygens (including phenoxy) is 1. The van der Waals surface area contributed by atoms with Crippen molar-refractivity contribution in [3.63, 3.8) is 0 Å². The SMILES string of the molecule is C/C=C(/Br)c1cc(Cl)ncc1/C(=C/CC)OC. The first-order chi connectivity index (χ1) is 8.13. The molecule has 0 radical (unpaired) electrons. The number of halogens is 2. The highest BCUT2D eigenvalue weighted by Crippen LogP contribution is 2.30. The standard InChI is InChI=1S/C13H15BrClNO/c1-4-6-12(17-3)10-8-16-13(15)7-9(10)11(14)5-2/h5-8H,4H2,1-3H3/b11-5+,12-6-. The summed E-state index contributed by atoms with van der Waals surface area (Å²) in [7, 11) is 1.66. The Hall–Kier alpha value is -0.800. The second kappa shape index (κ2) is 6.82. The highest BCUT2D eigenvalue weighted by atomic mass is 79.9. The molecule has 0 aliphatic carbocycles. The summed E-state index contributed by atoms with van der Waals surface area (Å²) in [5.74, 6) is 0.811. The summed E-state index contributed by atoms with van der Waals surface area (Å²) < 4.78 is 6.35. The molecular formula is C13H15BrClNO. The smallest absolute Gasteiger partial charge is 0.129 e. The molecule has 1 rings (SSSR count). The summed E-state index contributed by atoms with van der Waals surface area (Å²) in [6, 6.07) is 1.82. The minimum atomic E-state index is 0.467. The molecule has 1 aromatic heterocycles. The molecule has 1 heterocycles. The summed E-state index contributed by atoms with van der Waals surface area (Å²) in [6.45, 7) is 4.02. The van der Waals surface area contributed by atoms with E-state index in [4.69, 9.17) is 16.3 Å². The van der Waals surface area contributed by atoms with Crippen molar-refractivity contribution in [2.45, 2.75) is 20.3 Å². The van der Waals surface area contributed by atoms with Crippen LogP contribution in [-0.2, 0) is 4.74 Å². The van der Waals surface area contributed by atoms with Gasteiger partial charge in [-0.2, -0.15) is 0 Å². The van der Waals surface area contributed by atoms with Crippen LogP contribution in [0.2, 0.25) is 5.15 Å². The van der Waals surface area contributed by atoms with Gasteiger partial charge in [0.05, 0.1) is 7.11 Å². The predicted molar refractivity (Wildman–Crippen MR) is 77.1 cm³/mol. The average Bonchev–Trinajstić information content (AvgIpc) is 2.35. The molecule has 0 bridgehead atoms. The Kier molecular flexibility index (Phi) is 5.72. The van der Waals surface area contributed by atoms with Gasteiger partial charge in [-0.25, -0.2) is 4.98 Å². The van der Waals surface area contributed by atoms with Crippen LogP contribution in [0.1, 0.15) is 31.4 Å². The number of pyridine rings is 1. The molecule has 0 saturated heterocycles. The second-order valence-corrected chi connectivity index (χ2v) is 4.61. The third kappa shape index (κ3) is 3.58. The molecule has 17 heavy (non-hydrogen) atoms. The molecule has 0 amide bonds. The van der Waals surface area contributed by atoms with E-state index in [-0.39, 0.29) is 0 Å². The molecule has 0 aliphatic heterocycles. The van der Waals surface area contributed by atoms with Crippen LogP contribution in [-0.4, -0.2) is 12.1 Å². The molecule has 0 N–H and O–H groups in total. The second-order valence-electron chi connectivity index (χ2n) is 3.37. The molecule has 4 heteroatoms. The van der Waals surface area contributed by atoms with Crippen LogP contribution < -0.4 is 0 Å². The van der Waals surface area contributed by atoms with Gasteiger partial charge in [-0.3, -0.25) is 0 Å². The van der Waals surface area contributed by atoms with Crippen molar-refractivity contribution in [3.8, 4) is 0 Å². The Morgan fingerprint density at radius 3 is 2.76 bits per heavy atom. The first-order valence-electron chi connectivity index (χ1n) is 5.36. The van der Waals surface area contributed by atoms with E-state index in [9.17, 15) is 0 Å². The van der Waals surface area contributed by atoms with Gasteiger partial charge in [0.1, 0.15) is 10.9 Å². The Morgan fingerprint density at radius 1 is 1.53 bits per heavy atom. The van der Waals surface area contributed by atoms with Crippen molar-refractivity contribution in [1.82, 2.24) is 4.98 Å². The topological polar surface area (TPSA) is 22.1 Å². The van der Waals surface area contributed by atoms with Crippen LogP contribution in [0.5, 0.6) is 0 Å². The van der Waals surface area contributed by atoms with E-state index in [0.717, 1.165) is 27.8 Å².